The third-order valence-electron chi connectivity index (χ3n) is 4.61. The molecule has 0 radical (unpaired) electrons. The van der Waals surface area contributed by atoms with Gasteiger partial charge in [-0.05, 0) is 30.9 Å². The van der Waals surface area contributed by atoms with Gasteiger partial charge in [0.25, 0.3) is 0 Å². The second-order valence-corrected chi connectivity index (χ2v) is 6.61. The Morgan fingerprint density at radius 2 is 2.08 bits per heavy atom. The van der Waals surface area contributed by atoms with Gasteiger partial charge >= 0.3 is 0 Å². The maximum absolute atomic E-state index is 12.2. The molecule has 3 heterocycles. The number of hydrogen-bond donors (Lipinski definition) is 0. The van der Waals surface area contributed by atoms with Crippen LogP contribution in [0.25, 0.3) is 11.0 Å². The van der Waals surface area contributed by atoms with Crippen LogP contribution in [0.4, 0.5) is 0 Å². The maximum atomic E-state index is 12.2. The zero-order chi connectivity index (χ0) is 17.8. The Morgan fingerprint density at radius 1 is 1.19 bits per heavy atom. The normalized spacial score (nSPS) is 17.2. The number of fused-ring (bicyclic) bond motifs is 1. The number of ketones is 1. The van der Waals surface area contributed by atoms with Gasteiger partial charge in [0, 0.05) is 31.1 Å². The molecule has 1 aliphatic rings. The van der Waals surface area contributed by atoms with Crippen molar-refractivity contribution in [1.29, 1.82) is 0 Å². The zero-order valence-corrected chi connectivity index (χ0v) is 14.5. The van der Waals surface area contributed by atoms with Gasteiger partial charge in [0.1, 0.15) is 30.3 Å². The number of para-hydroxylation sites is 1. The number of furan rings is 1. The first kappa shape index (κ1) is 17.0. The minimum atomic E-state index is 0.00387. The van der Waals surface area contributed by atoms with Crippen molar-refractivity contribution in [2.75, 3.05) is 13.2 Å². The molecule has 136 valence electrons. The average Bonchev–Trinajstić information content (AvgIpc) is 3.39. The molecule has 26 heavy (non-hydrogen) atoms. The Kier molecular flexibility index (Phi) is 5.13. The molecule has 4 rings (SSSR count). The summed E-state index contributed by atoms with van der Waals surface area (Å²) in [7, 11) is 0. The smallest absolute Gasteiger partial charge is 0.184 e. The lowest BCUT2D eigenvalue weighted by molar-refractivity contribution is 0.0771. The van der Waals surface area contributed by atoms with E-state index in [4.69, 9.17) is 18.4 Å². The zero-order valence-electron chi connectivity index (χ0n) is 14.5. The van der Waals surface area contributed by atoms with Crippen molar-refractivity contribution in [3.05, 3.63) is 53.6 Å². The van der Waals surface area contributed by atoms with Crippen molar-refractivity contribution in [3.63, 3.8) is 0 Å². The molecule has 0 spiro atoms. The Morgan fingerprint density at radius 3 is 2.92 bits per heavy atom. The molecular weight excluding hydrogens is 334 g/mol. The minimum Gasteiger partial charge on any atom is -0.459 e. The monoisotopic (exact) mass is 355 g/mol. The number of carbonyl (C=O) groups is 1. The molecule has 1 unspecified atom stereocenters. The van der Waals surface area contributed by atoms with Crippen LogP contribution >= 0.6 is 0 Å². The van der Waals surface area contributed by atoms with Crippen LogP contribution in [0.2, 0.25) is 0 Å². The predicted molar refractivity (Wildman–Crippen MR) is 93.7 cm³/mol. The summed E-state index contributed by atoms with van der Waals surface area (Å²) in [5.41, 5.74) is 1.21. The van der Waals surface area contributed by atoms with Crippen molar-refractivity contribution < 1.29 is 23.2 Å². The van der Waals surface area contributed by atoms with Gasteiger partial charge in [-0.3, -0.25) is 4.79 Å². The Bertz CT molecular complexity index is 842. The van der Waals surface area contributed by atoms with E-state index in [2.05, 4.69) is 5.16 Å². The maximum Gasteiger partial charge on any atom is 0.184 e. The van der Waals surface area contributed by atoms with Crippen molar-refractivity contribution in [2.24, 2.45) is 5.92 Å². The second-order valence-electron chi connectivity index (χ2n) is 6.61. The standard InChI is InChI=1S/C20H21NO5/c22-19(6-5-14-7-8-23-11-14)18-10-17(26-21-18)13-24-12-16-9-15-3-1-2-4-20(15)25-16/h1-4,9-10,14H,5-8,11-13H2. The van der Waals surface area contributed by atoms with E-state index >= 15 is 0 Å². The van der Waals surface area contributed by atoms with E-state index in [1.807, 2.05) is 30.3 Å². The molecule has 1 aliphatic heterocycles. The number of rotatable bonds is 8. The molecule has 1 saturated heterocycles. The molecule has 1 aromatic carbocycles. The third kappa shape index (κ3) is 4.03. The fourth-order valence-corrected chi connectivity index (χ4v) is 3.15. The van der Waals surface area contributed by atoms with Gasteiger partial charge in [-0.25, -0.2) is 0 Å². The van der Waals surface area contributed by atoms with Crippen LogP contribution in [0.1, 0.15) is 41.3 Å². The Labute approximate surface area is 151 Å². The second kappa shape index (κ2) is 7.85. The predicted octanol–water partition coefficient (Wildman–Crippen LogP) is 4.14. The number of ether oxygens (including phenoxy) is 2. The number of carbonyl (C=O) groups excluding carboxylic acids is 1. The van der Waals surface area contributed by atoms with Crippen LogP contribution in [0.3, 0.4) is 0 Å². The average molecular weight is 355 g/mol. The first-order valence-electron chi connectivity index (χ1n) is 8.89. The summed E-state index contributed by atoms with van der Waals surface area (Å²) in [6, 6.07) is 11.4. The van der Waals surface area contributed by atoms with Gasteiger partial charge < -0.3 is 18.4 Å². The lowest BCUT2D eigenvalue weighted by Crippen LogP contribution is -2.05. The van der Waals surface area contributed by atoms with Gasteiger partial charge in [-0.1, -0.05) is 23.4 Å². The van der Waals surface area contributed by atoms with E-state index < -0.39 is 0 Å². The van der Waals surface area contributed by atoms with Gasteiger partial charge in [-0.15, -0.1) is 0 Å². The fraction of sp³-hybridized carbons (Fsp3) is 0.400. The van der Waals surface area contributed by atoms with Gasteiger partial charge in [-0.2, -0.15) is 0 Å². The summed E-state index contributed by atoms with van der Waals surface area (Å²) in [5, 5.41) is 4.91. The molecule has 6 nitrogen and oxygen atoms in total. The molecule has 0 aliphatic carbocycles. The molecule has 0 N–H and O–H groups in total. The Hall–Kier alpha value is -2.44. The van der Waals surface area contributed by atoms with E-state index in [-0.39, 0.29) is 12.4 Å². The highest BCUT2D eigenvalue weighted by atomic mass is 16.5. The van der Waals surface area contributed by atoms with Crippen LogP contribution in [-0.2, 0) is 22.7 Å². The van der Waals surface area contributed by atoms with Crippen molar-refractivity contribution in [2.45, 2.75) is 32.5 Å². The van der Waals surface area contributed by atoms with E-state index in [9.17, 15) is 4.79 Å². The van der Waals surface area contributed by atoms with Crippen molar-refractivity contribution in [1.82, 2.24) is 5.16 Å². The third-order valence-corrected chi connectivity index (χ3v) is 4.61. The number of benzene rings is 1. The highest BCUT2D eigenvalue weighted by Crippen LogP contribution is 2.21. The molecule has 0 saturated carbocycles. The van der Waals surface area contributed by atoms with Crippen molar-refractivity contribution >= 4 is 16.8 Å². The molecule has 2 aromatic heterocycles. The van der Waals surface area contributed by atoms with E-state index in [1.165, 1.54) is 0 Å². The van der Waals surface area contributed by atoms with Crippen LogP contribution in [0, 0.1) is 5.92 Å². The highest BCUT2D eigenvalue weighted by molar-refractivity contribution is 5.94. The summed E-state index contributed by atoms with van der Waals surface area (Å²) < 4.78 is 21.8. The van der Waals surface area contributed by atoms with Crippen molar-refractivity contribution in [3.8, 4) is 0 Å². The van der Waals surface area contributed by atoms with Gasteiger partial charge in [0.15, 0.2) is 11.5 Å². The summed E-state index contributed by atoms with van der Waals surface area (Å²) in [4.78, 5) is 12.2. The lowest BCUT2D eigenvalue weighted by atomic mass is 10.00. The number of nitrogens with zero attached hydrogens (tertiary/aromatic N) is 1. The summed E-state index contributed by atoms with van der Waals surface area (Å²) in [6.45, 7) is 2.14. The summed E-state index contributed by atoms with van der Waals surface area (Å²) in [6.07, 6.45) is 2.34. The van der Waals surface area contributed by atoms with Crippen LogP contribution < -0.4 is 0 Å². The molecular formula is C20H21NO5. The lowest BCUT2D eigenvalue weighted by Gasteiger charge is -2.04. The quantitative estimate of drug-likeness (QED) is 0.565. The first-order valence-corrected chi connectivity index (χ1v) is 8.89. The number of hydrogen-bond acceptors (Lipinski definition) is 6. The van der Waals surface area contributed by atoms with Crippen LogP contribution in [0.15, 0.2) is 45.3 Å². The number of Topliss-reactive ketones (excluding diaryl/α,β-unsaturated/α-hetero) is 1. The van der Waals surface area contributed by atoms with Crippen LogP contribution in [-0.4, -0.2) is 24.2 Å². The molecule has 0 bridgehead atoms. The number of aromatic nitrogens is 1. The van der Waals surface area contributed by atoms with E-state index in [1.54, 1.807) is 6.07 Å². The molecule has 1 atom stereocenters. The topological polar surface area (TPSA) is 74.7 Å². The largest absolute Gasteiger partial charge is 0.459 e. The van der Waals surface area contributed by atoms with Gasteiger partial charge in [0.05, 0.1) is 0 Å². The Balaban J connectivity index is 1.25. The molecule has 3 aromatic rings. The summed E-state index contributed by atoms with van der Waals surface area (Å²) >= 11 is 0. The SMILES string of the molecule is O=C(CCC1CCOC1)c1cc(COCc2cc3ccccc3o2)on1. The van der Waals surface area contributed by atoms with E-state index in [0.717, 1.165) is 42.8 Å². The molecule has 0 amide bonds. The fourth-order valence-electron chi connectivity index (χ4n) is 3.15. The van der Waals surface area contributed by atoms with E-state index in [0.29, 0.717) is 30.4 Å². The van der Waals surface area contributed by atoms with Crippen LogP contribution in [0.5, 0.6) is 0 Å². The van der Waals surface area contributed by atoms with Gasteiger partial charge in [0.2, 0.25) is 0 Å². The minimum absolute atomic E-state index is 0.00387. The molecule has 1 fully saturated rings. The molecule has 6 heteroatoms. The summed E-state index contributed by atoms with van der Waals surface area (Å²) in [5.74, 6) is 1.77. The highest BCUT2D eigenvalue weighted by Gasteiger charge is 2.19. The first-order chi connectivity index (χ1) is 12.8.